The van der Waals surface area contributed by atoms with E-state index >= 15 is 0 Å². The largest absolute Gasteiger partial charge is 0.357 e. The Morgan fingerprint density at radius 1 is 1.14 bits per heavy atom. The molecule has 1 saturated heterocycles. The highest BCUT2D eigenvalue weighted by Gasteiger charge is 2.13. The van der Waals surface area contributed by atoms with Crippen molar-refractivity contribution >= 4 is 17.4 Å². The molecule has 4 nitrogen and oxygen atoms in total. The van der Waals surface area contributed by atoms with E-state index in [-0.39, 0.29) is 5.91 Å². The number of anilines is 2. The summed E-state index contributed by atoms with van der Waals surface area (Å²) in [5.41, 5.74) is 2.01. The minimum absolute atomic E-state index is 0.0470. The quantitative estimate of drug-likeness (QED) is 0.921. The predicted molar refractivity (Wildman–Crippen MR) is 89.1 cm³/mol. The zero-order valence-corrected chi connectivity index (χ0v) is 12.7. The van der Waals surface area contributed by atoms with Crippen LogP contribution in [0.5, 0.6) is 0 Å². The molecule has 0 aliphatic carbocycles. The summed E-state index contributed by atoms with van der Waals surface area (Å²) in [6, 6.07) is 13.7. The van der Waals surface area contributed by atoms with Crippen molar-refractivity contribution in [3.63, 3.8) is 0 Å². The number of rotatable bonds is 5. The van der Waals surface area contributed by atoms with Gasteiger partial charge in [0, 0.05) is 31.4 Å². The molecule has 0 saturated carbocycles. The molecule has 0 unspecified atom stereocenters. The summed E-state index contributed by atoms with van der Waals surface area (Å²) in [5.74, 6) is 1.09. The lowest BCUT2D eigenvalue weighted by Crippen LogP contribution is -2.19. The molecule has 4 heteroatoms. The molecule has 1 N–H and O–H groups in total. The van der Waals surface area contributed by atoms with E-state index in [0.717, 1.165) is 31.0 Å². The van der Waals surface area contributed by atoms with E-state index in [4.69, 9.17) is 0 Å². The molecule has 114 valence electrons. The normalized spacial score (nSPS) is 14.1. The smallest absolute Gasteiger partial charge is 0.224 e. The number of carbonyl (C=O) groups is 1. The SMILES string of the molecule is O=C(CCc1ccnc(N2CCCC2)c1)Nc1ccccc1. The number of carbonyl (C=O) groups excluding carboxylic acids is 1. The Kier molecular flexibility index (Phi) is 4.68. The molecule has 1 aromatic heterocycles. The molecule has 2 aromatic rings. The first kappa shape index (κ1) is 14.6. The molecule has 1 amide bonds. The molecule has 0 spiro atoms. The molecule has 22 heavy (non-hydrogen) atoms. The minimum atomic E-state index is 0.0470. The van der Waals surface area contributed by atoms with E-state index in [1.54, 1.807) is 0 Å². The molecular formula is C18H21N3O. The van der Waals surface area contributed by atoms with Gasteiger partial charge < -0.3 is 10.2 Å². The fourth-order valence-corrected chi connectivity index (χ4v) is 2.74. The molecule has 0 bridgehead atoms. The number of para-hydroxylation sites is 1. The first-order valence-corrected chi connectivity index (χ1v) is 7.86. The van der Waals surface area contributed by atoms with Gasteiger partial charge in [-0.05, 0) is 49.1 Å². The minimum Gasteiger partial charge on any atom is -0.357 e. The number of amides is 1. The molecule has 1 aromatic carbocycles. The standard InChI is InChI=1S/C18H21N3O/c22-18(20-16-6-2-1-3-7-16)9-8-15-10-11-19-17(14-15)21-12-4-5-13-21/h1-3,6-7,10-11,14H,4-5,8-9,12-13H2,(H,20,22). The highest BCUT2D eigenvalue weighted by Crippen LogP contribution is 2.19. The number of hydrogen-bond acceptors (Lipinski definition) is 3. The lowest BCUT2D eigenvalue weighted by atomic mass is 10.1. The number of nitrogens with zero attached hydrogens (tertiary/aromatic N) is 2. The van der Waals surface area contributed by atoms with Crippen molar-refractivity contribution in [1.82, 2.24) is 4.98 Å². The first-order chi connectivity index (χ1) is 10.8. The Hall–Kier alpha value is -2.36. The van der Waals surface area contributed by atoms with Gasteiger partial charge in [-0.3, -0.25) is 4.79 Å². The fraction of sp³-hybridized carbons (Fsp3) is 0.333. The third-order valence-corrected chi connectivity index (χ3v) is 3.94. The van der Waals surface area contributed by atoms with E-state index < -0.39 is 0 Å². The molecule has 3 rings (SSSR count). The first-order valence-electron chi connectivity index (χ1n) is 7.86. The summed E-state index contributed by atoms with van der Waals surface area (Å²) >= 11 is 0. The second-order valence-corrected chi connectivity index (χ2v) is 5.63. The average molecular weight is 295 g/mol. The van der Waals surface area contributed by atoms with Crippen LogP contribution in [-0.2, 0) is 11.2 Å². The molecule has 0 atom stereocenters. The number of benzene rings is 1. The van der Waals surface area contributed by atoms with Gasteiger partial charge in [0.2, 0.25) is 5.91 Å². The summed E-state index contributed by atoms with van der Waals surface area (Å²) in [6.07, 6.45) is 5.55. The lowest BCUT2D eigenvalue weighted by Gasteiger charge is -2.16. The molecule has 1 fully saturated rings. The molecule has 1 aliphatic heterocycles. The maximum absolute atomic E-state index is 12.0. The Morgan fingerprint density at radius 3 is 2.68 bits per heavy atom. The van der Waals surface area contributed by atoms with Crippen molar-refractivity contribution in [2.75, 3.05) is 23.3 Å². The summed E-state index contributed by atoms with van der Waals surface area (Å²) in [4.78, 5) is 18.7. The maximum atomic E-state index is 12.0. The molecule has 1 aliphatic rings. The van der Waals surface area contributed by atoms with Crippen LogP contribution in [0, 0.1) is 0 Å². The Balaban J connectivity index is 1.54. The molecule has 2 heterocycles. The van der Waals surface area contributed by atoms with Crippen LogP contribution in [0.4, 0.5) is 11.5 Å². The Bertz CT molecular complexity index is 621. The van der Waals surface area contributed by atoms with Crippen LogP contribution in [0.1, 0.15) is 24.8 Å². The van der Waals surface area contributed by atoms with Crippen LogP contribution in [0.15, 0.2) is 48.7 Å². The van der Waals surface area contributed by atoms with Crippen molar-refractivity contribution in [2.45, 2.75) is 25.7 Å². The Labute approximate surface area is 131 Å². The van der Waals surface area contributed by atoms with E-state index in [2.05, 4.69) is 21.3 Å². The van der Waals surface area contributed by atoms with E-state index in [0.29, 0.717) is 6.42 Å². The topological polar surface area (TPSA) is 45.2 Å². The van der Waals surface area contributed by atoms with Gasteiger partial charge in [-0.25, -0.2) is 4.98 Å². The zero-order valence-electron chi connectivity index (χ0n) is 12.7. The third-order valence-electron chi connectivity index (χ3n) is 3.94. The molecular weight excluding hydrogens is 274 g/mol. The number of nitrogens with one attached hydrogen (secondary N) is 1. The van der Waals surface area contributed by atoms with E-state index in [1.807, 2.05) is 42.6 Å². The predicted octanol–water partition coefficient (Wildman–Crippen LogP) is 3.25. The van der Waals surface area contributed by atoms with Crippen molar-refractivity contribution in [1.29, 1.82) is 0 Å². The van der Waals surface area contributed by atoms with Gasteiger partial charge in [0.1, 0.15) is 5.82 Å². The number of pyridine rings is 1. The van der Waals surface area contributed by atoms with Crippen LogP contribution in [-0.4, -0.2) is 24.0 Å². The van der Waals surface area contributed by atoms with Crippen molar-refractivity contribution < 1.29 is 4.79 Å². The van der Waals surface area contributed by atoms with Gasteiger partial charge in [0.25, 0.3) is 0 Å². The highest BCUT2D eigenvalue weighted by molar-refractivity contribution is 5.90. The summed E-state index contributed by atoms with van der Waals surface area (Å²) in [6.45, 7) is 2.18. The second kappa shape index (κ2) is 7.07. The summed E-state index contributed by atoms with van der Waals surface area (Å²) < 4.78 is 0. The van der Waals surface area contributed by atoms with Gasteiger partial charge in [-0.2, -0.15) is 0 Å². The average Bonchev–Trinajstić information content (AvgIpc) is 3.09. The van der Waals surface area contributed by atoms with E-state index in [9.17, 15) is 4.79 Å². The Morgan fingerprint density at radius 2 is 1.91 bits per heavy atom. The van der Waals surface area contributed by atoms with Gasteiger partial charge in [-0.15, -0.1) is 0 Å². The van der Waals surface area contributed by atoms with Crippen LogP contribution in [0.25, 0.3) is 0 Å². The van der Waals surface area contributed by atoms with Crippen molar-refractivity contribution in [2.24, 2.45) is 0 Å². The van der Waals surface area contributed by atoms with E-state index in [1.165, 1.54) is 18.4 Å². The number of aromatic nitrogens is 1. The van der Waals surface area contributed by atoms with Crippen LogP contribution >= 0.6 is 0 Å². The van der Waals surface area contributed by atoms with Gasteiger partial charge in [0.15, 0.2) is 0 Å². The van der Waals surface area contributed by atoms with Gasteiger partial charge >= 0.3 is 0 Å². The molecule has 0 radical (unpaired) electrons. The third kappa shape index (κ3) is 3.85. The van der Waals surface area contributed by atoms with Gasteiger partial charge in [0.05, 0.1) is 0 Å². The van der Waals surface area contributed by atoms with Crippen LogP contribution in [0.3, 0.4) is 0 Å². The van der Waals surface area contributed by atoms with Crippen molar-refractivity contribution in [3.05, 3.63) is 54.2 Å². The van der Waals surface area contributed by atoms with Crippen molar-refractivity contribution in [3.8, 4) is 0 Å². The number of aryl methyl sites for hydroxylation is 1. The maximum Gasteiger partial charge on any atom is 0.224 e. The van der Waals surface area contributed by atoms with Gasteiger partial charge in [-0.1, -0.05) is 18.2 Å². The highest BCUT2D eigenvalue weighted by atomic mass is 16.1. The summed E-state index contributed by atoms with van der Waals surface area (Å²) in [5, 5.41) is 2.92. The lowest BCUT2D eigenvalue weighted by molar-refractivity contribution is -0.116. The second-order valence-electron chi connectivity index (χ2n) is 5.63. The summed E-state index contributed by atoms with van der Waals surface area (Å²) in [7, 11) is 0. The van der Waals surface area contributed by atoms with Crippen LogP contribution < -0.4 is 10.2 Å². The number of hydrogen-bond donors (Lipinski definition) is 1. The monoisotopic (exact) mass is 295 g/mol. The zero-order chi connectivity index (χ0) is 15.2. The fourth-order valence-electron chi connectivity index (χ4n) is 2.74. The van der Waals surface area contributed by atoms with Crippen LogP contribution in [0.2, 0.25) is 0 Å².